The quantitative estimate of drug-likeness (QED) is 0.739. The van der Waals surface area contributed by atoms with E-state index >= 15 is 0 Å². The van der Waals surface area contributed by atoms with Crippen LogP contribution in [-0.2, 0) is 4.74 Å². The number of fused-ring (bicyclic) bond motifs is 1. The van der Waals surface area contributed by atoms with Crippen molar-refractivity contribution in [1.29, 1.82) is 0 Å². The Balaban J connectivity index is 1.71. The Kier molecular flexibility index (Phi) is 4.73. The molecule has 0 aliphatic heterocycles. The monoisotopic (exact) mass is 374 g/mol. The van der Waals surface area contributed by atoms with E-state index < -0.39 is 0 Å². The first-order valence-electron chi connectivity index (χ1n) is 7.07. The van der Waals surface area contributed by atoms with E-state index in [0.717, 1.165) is 15.4 Å². The Hall–Kier alpha value is -2.18. The highest BCUT2D eigenvalue weighted by Crippen LogP contribution is 2.25. The minimum Gasteiger partial charge on any atom is -0.458 e. The summed E-state index contributed by atoms with van der Waals surface area (Å²) in [5.74, 6) is 0.471. The first-order chi connectivity index (χ1) is 11.2. The van der Waals surface area contributed by atoms with Gasteiger partial charge in [0.2, 0.25) is 0 Å². The molecule has 5 nitrogen and oxygen atoms in total. The molecule has 0 aliphatic rings. The van der Waals surface area contributed by atoms with E-state index in [0.29, 0.717) is 17.9 Å². The van der Waals surface area contributed by atoms with Gasteiger partial charge in [0.05, 0.1) is 12.1 Å². The van der Waals surface area contributed by atoms with Gasteiger partial charge in [-0.15, -0.1) is 0 Å². The maximum Gasteiger partial charge on any atom is 0.252 e. The molecule has 1 N–H and O–H groups in total. The number of halogens is 1. The molecule has 0 bridgehead atoms. The lowest BCUT2D eigenvalue weighted by atomic mass is 10.2. The van der Waals surface area contributed by atoms with Gasteiger partial charge in [0.25, 0.3) is 5.91 Å². The third-order valence-corrected chi connectivity index (χ3v) is 3.90. The van der Waals surface area contributed by atoms with Crippen molar-refractivity contribution in [3.63, 3.8) is 0 Å². The topological polar surface area (TPSA) is 64.4 Å². The summed E-state index contributed by atoms with van der Waals surface area (Å²) < 4.78 is 12.0. The normalized spacial score (nSPS) is 12.3. The molecular weight excluding hydrogens is 360 g/mol. The molecule has 0 spiro atoms. The number of methoxy groups -OCH3 is 1. The van der Waals surface area contributed by atoms with Crippen molar-refractivity contribution < 1.29 is 13.9 Å². The number of hydrogen-bond donors (Lipinski definition) is 1. The van der Waals surface area contributed by atoms with Crippen LogP contribution in [0, 0.1) is 0 Å². The van der Waals surface area contributed by atoms with Gasteiger partial charge in [-0.2, -0.15) is 0 Å². The summed E-state index contributed by atoms with van der Waals surface area (Å²) in [4.78, 5) is 16.1. The van der Waals surface area contributed by atoms with Gasteiger partial charge in [0.1, 0.15) is 17.4 Å². The van der Waals surface area contributed by atoms with Gasteiger partial charge >= 0.3 is 0 Å². The fraction of sp³-hybridized carbons (Fsp3) is 0.176. The molecule has 6 heteroatoms. The Morgan fingerprint density at radius 1 is 1.35 bits per heavy atom. The number of aromatic nitrogens is 1. The summed E-state index contributed by atoms with van der Waals surface area (Å²) in [5, 5.41) is 3.84. The summed E-state index contributed by atoms with van der Waals surface area (Å²) in [6.07, 6.45) is 2.79. The molecule has 0 radical (unpaired) electrons. The van der Waals surface area contributed by atoms with Gasteiger partial charge in [-0.1, -0.05) is 18.2 Å². The summed E-state index contributed by atoms with van der Waals surface area (Å²) in [7, 11) is 1.59. The predicted molar refractivity (Wildman–Crippen MR) is 90.2 cm³/mol. The molecule has 0 fully saturated rings. The minimum atomic E-state index is -0.355. The van der Waals surface area contributed by atoms with E-state index in [4.69, 9.17) is 9.15 Å². The number of amides is 1. The molecule has 1 amide bonds. The lowest BCUT2D eigenvalue weighted by molar-refractivity contribution is 0.0747. The molecule has 118 valence electrons. The molecule has 3 aromatic rings. The summed E-state index contributed by atoms with van der Waals surface area (Å²) in [6.45, 7) is 0.307. The average Bonchev–Trinajstić information content (AvgIpc) is 2.99. The Labute approximate surface area is 141 Å². The van der Waals surface area contributed by atoms with Crippen LogP contribution in [0.4, 0.5) is 0 Å². The highest BCUT2D eigenvalue weighted by molar-refractivity contribution is 9.10. The number of benzene rings is 1. The number of carbonyl (C=O) groups is 1. The van der Waals surface area contributed by atoms with Gasteiger partial charge < -0.3 is 14.5 Å². The number of nitrogens with zero attached hydrogens (tertiary/aromatic N) is 1. The van der Waals surface area contributed by atoms with Crippen molar-refractivity contribution in [2.45, 2.75) is 6.10 Å². The van der Waals surface area contributed by atoms with Crippen molar-refractivity contribution in [2.24, 2.45) is 0 Å². The second-order valence-corrected chi connectivity index (χ2v) is 5.93. The molecule has 0 aliphatic carbocycles. The highest BCUT2D eigenvalue weighted by Gasteiger charge is 2.17. The summed E-state index contributed by atoms with van der Waals surface area (Å²) in [5.41, 5.74) is 1.28. The van der Waals surface area contributed by atoms with Crippen LogP contribution in [0.3, 0.4) is 0 Å². The molecule has 3 rings (SSSR count). The molecule has 1 atom stereocenters. The average molecular weight is 375 g/mol. The van der Waals surface area contributed by atoms with E-state index in [1.165, 1.54) is 6.20 Å². The Bertz CT molecular complexity index is 798. The van der Waals surface area contributed by atoms with Crippen LogP contribution in [0.1, 0.15) is 22.2 Å². The molecule has 0 saturated carbocycles. The molecular formula is C17H15BrN2O3. The third kappa shape index (κ3) is 3.60. The number of ether oxygens (including phenoxy) is 1. The van der Waals surface area contributed by atoms with E-state index in [1.807, 2.05) is 30.3 Å². The summed E-state index contributed by atoms with van der Waals surface area (Å²) in [6, 6.07) is 11.4. The minimum absolute atomic E-state index is 0.211. The Morgan fingerprint density at radius 3 is 2.91 bits per heavy atom. The van der Waals surface area contributed by atoms with Crippen LogP contribution in [0.25, 0.3) is 11.0 Å². The van der Waals surface area contributed by atoms with Gasteiger partial charge in [-0.25, -0.2) is 0 Å². The van der Waals surface area contributed by atoms with E-state index in [1.54, 1.807) is 19.4 Å². The third-order valence-electron chi connectivity index (χ3n) is 3.46. The molecule has 2 heterocycles. The van der Waals surface area contributed by atoms with Gasteiger partial charge in [0, 0.05) is 29.4 Å². The zero-order valence-corrected chi connectivity index (χ0v) is 14.0. The van der Waals surface area contributed by atoms with E-state index in [2.05, 4.69) is 26.2 Å². The van der Waals surface area contributed by atoms with Gasteiger partial charge in [-0.05, 0) is 34.1 Å². The number of nitrogens with one attached hydrogen (secondary N) is 1. The number of carbonyl (C=O) groups excluding carboxylic acids is 1. The SMILES string of the molecule is CO[C@@H](CNC(=O)c1cncc(Br)c1)c1cc2ccccc2o1. The second-order valence-electron chi connectivity index (χ2n) is 5.01. The van der Waals surface area contributed by atoms with Crippen LogP contribution in [0.5, 0.6) is 0 Å². The fourth-order valence-corrected chi connectivity index (χ4v) is 2.65. The van der Waals surface area contributed by atoms with E-state index in [9.17, 15) is 4.79 Å². The zero-order chi connectivity index (χ0) is 16.2. The first-order valence-corrected chi connectivity index (χ1v) is 7.86. The largest absolute Gasteiger partial charge is 0.458 e. The molecule has 2 aromatic heterocycles. The lowest BCUT2D eigenvalue weighted by Gasteiger charge is -2.13. The van der Waals surface area contributed by atoms with Crippen molar-refractivity contribution in [3.05, 3.63) is 64.6 Å². The van der Waals surface area contributed by atoms with Crippen LogP contribution >= 0.6 is 15.9 Å². The number of rotatable bonds is 5. The van der Waals surface area contributed by atoms with Crippen molar-refractivity contribution in [2.75, 3.05) is 13.7 Å². The predicted octanol–water partition coefficient (Wildman–Crippen LogP) is 3.71. The second kappa shape index (κ2) is 6.93. The smallest absolute Gasteiger partial charge is 0.252 e. The maximum atomic E-state index is 12.2. The fourth-order valence-electron chi connectivity index (χ4n) is 2.28. The highest BCUT2D eigenvalue weighted by atomic mass is 79.9. The molecule has 0 saturated heterocycles. The van der Waals surface area contributed by atoms with Crippen LogP contribution in [0.15, 0.2) is 57.7 Å². The number of para-hydroxylation sites is 1. The van der Waals surface area contributed by atoms with Crippen molar-refractivity contribution in [1.82, 2.24) is 10.3 Å². The summed E-state index contributed by atoms with van der Waals surface area (Å²) >= 11 is 3.30. The Morgan fingerprint density at radius 2 is 2.17 bits per heavy atom. The first kappa shape index (κ1) is 15.7. The molecule has 0 unspecified atom stereocenters. The van der Waals surface area contributed by atoms with Crippen LogP contribution < -0.4 is 5.32 Å². The van der Waals surface area contributed by atoms with E-state index in [-0.39, 0.29) is 12.0 Å². The maximum absolute atomic E-state index is 12.2. The van der Waals surface area contributed by atoms with Gasteiger partial charge in [-0.3, -0.25) is 9.78 Å². The molecule has 1 aromatic carbocycles. The van der Waals surface area contributed by atoms with Crippen molar-refractivity contribution in [3.8, 4) is 0 Å². The number of hydrogen-bond acceptors (Lipinski definition) is 4. The lowest BCUT2D eigenvalue weighted by Crippen LogP contribution is -2.29. The number of furan rings is 1. The van der Waals surface area contributed by atoms with Crippen LogP contribution in [-0.4, -0.2) is 24.5 Å². The van der Waals surface area contributed by atoms with Crippen LogP contribution in [0.2, 0.25) is 0 Å². The number of pyridine rings is 1. The van der Waals surface area contributed by atoms with Gasteiger partial charge in [0.15, 0.2) is 0 Å². The van der Waals surface area contributed by atoms with Crippen molar-refractivity contribution >= 4 is 32.8 Å². The molecule has 23 heavy (non-hydrogen) atoms. The standard InChI is InChI=1S/C17H15BrN2O3/c1-22-16(15-7-11-4-2-3-5-14(11)23-15)10-20-17(21)12-6-13(18)9-19-8-12/h2-9,16H,10H2,1H3,(H,20,21)/t16-/m0/s1. The zero-order valence-electron chi connectivity index (χ0n) is 12.5.